The summed E-state index contributed by atoms with van der Waals surface area (Å²) in [6, 6.07) is 5.17. The van der Waals surface area contributed by atoms with Crippen LogP contribution in [0.25, 0.3) is 0 Å². The highest BCUT2D eigenvalue weighted by atomic mass is 19.1. The third-order valence-corrected chi connectivity index (χ3v) is 6.65. The average Bonchev–Trinajstić information content (AvgIpc) is 2.54. The van der Waals surface area contributed by atoms with Crippen LogP contribution in [0.15, 0.2) is 18.2 Å². The second kappa shape index (κ2) is 6.80. The molecule has 0 radical (unpaired) electrons. The zero-order valence-electron chi connectivity index (χ0n) is 15.7. The molecule has 3 fully saturated rings. The summed E-state index contributed by atoms with van der Waals surface area (Å²) in [5.41, 5.74) is 1.75. The minimum absolute atomic E-state index is 0.00540. The Morgan fingerprint density at radius 1 is 1.22 bits per heavy atom. The lowest BCUT2D eigenvalue weighted by molar-refractivity contribution is -0.161. The number of carbonyl (C=O) groups is 2. The zero-order valence-corrected chi connectivity index (χ0v) is 15.7. The van der Waals surface area contributed by atoms with Gasteiger partial charge in [0.15, 0.2) is 0 Å². The van der Waals surface area contributed by atoms with Gasteiger partial charge in [-0.15, -0.1) is 0 Å². The van der Waals surface area contributed by atoms with E-state index in [4.69, 9.17) is 5.11 Å². The van der Waals surface area contributed by atoms with Gasteiger partial charge in [0, 0.05) is 25.0 Å². The predicted octanol–water partition coefficient (Wildman–Crippen LogP) is 3.11. The fraction of sp³-hybridized carbons (Fsp3) is 0.619. The molecule has 5 nitrogen and oxygen atoms in total. The maximum absolute atomic E-state index is 14.2. The highest BCUT2D eigenvalue weighted by Crippen LogP contribution is 2.61. The number of carboxylic acids is 1. The van der Waals surface area contributed by atoms with Gasteiger partial charge in [0.05, 0.1) is 11.6 Å². The molecule has 146 valence electrons. The van der Waals surface area contributed by atoms with Crippen LogP contribution in [0.3, 0.4) is 0 Å². The number of nitrogens with zero attached hydrogens (tertiary/aromatic N) is 1. The molecule has 1 unspecified atom stereocenters. The molecule has 1 amide bonds. The zero-order chi connectivity index (χ0) is 19.2. The van der Waals surface area contributed by atoms with Crippen LogP contribution in [0, 0.1) is 30.0 Å². The number of rotatable bonds is 4. The van der Waals surface area contributed by atoms with E-state index in [0.29, 0.717) is 12.2 Å². The van der Waals surface area contributed by atoms with Gasteiger partial charge >= 0.3 is 5.97 Å². The van der Waals surface area contributed by atoms with Gasteiger partial charge in [0.1, 0.15) is 5.82 Å². The number of carbonyl (C=O) groups excluding carboxylic acids is 1. The fourth-order valence-electron chi connectivity index (χ4n) is 5.16. The van der Waals surface area contributed by atoms with Crippen molar-refractivity contribution in [2.45, 2.75) is 51.5 Å². The van der Waals surface area contributed by atoms with Crippen LogP contribution in [0.2, 0.25) is 0 Å². The Hall–Kier alpha value is -2.11. The molecule has 4 rings (SSSR count). The molecule has 6 heteroatoms. The molecule has 0 bridgehead atoms. The third kappa shape index (κ3) is 3.54. The van der Waals surface area contributed by atoms with E-state index < -0.39 is 5.97 Å². The minimum Gasteiger partial charge on any atom is -0.481 e. The van der Waals surface area contributed by atoms with Gasteiger partial charge < -0.3 is 15.3 Å². The van der Waals surface area contributed by atoms with E-state index in [0.717, 1.165) is 50.6 Å². The lowest BCUT2D eigenvalue weighted by Gasteiger charge is -2.56. The number of aliphatic carboxylic acids is 1. The Morgan fingerprint density at radius 3 is 2.63 bits per heavy atom. The molecular formula is C21H27FN2O3. The summed E-state index contributed by atoms with van der Waals surface area (Å²) in [6.45, 7) is 3.38. The van der Waals surface area contributed by atoms with Crippen LogP contribution in [0.1, 0.15) is 44.1 Å². The highest BCUT2D eigenvalue weighted by Gasteiger charge is 2.56. The van der Waals surface area contributed by atoms with Crippen molar-refractivity contribution in [1.82, 2.24) is 5.32 Å². The van der Waals surface area contributed by atoms with Gasteiger partial charge in [-0.05, 0) is 68.6 Å². The quantitative estimate of drug-likeness (QED) is 0.850. The van der Waals surface area contributed by atoms with E-state index in [2.05, 4.69) is 5.32 Å². The Bertz CT molecular complexity index is 752. The Kier molecular flexibility index (Phi) is 4.60. The SMILES string of the molecule is Cc1ccc(F)c(N2CCCC(NC(=O)C3CC4(CC(C(=O)O)C4)C3)C2)c1. The number of piperidine rings is 1. The van der Waals surface area contributed by atoms with E-state index in [9.17, 15) is 14.0 Å². The Labute approximate surface area is 158 Å². The van der Waals surface area contributed by atoms with Crippen molar-refractivity contribution in [3.8, 4) is 0 Å². The van der Waals surface area contributed by atoms with Gasteiger partial charge in [0.25, 0.3) is 0 Å². The second-order valence-corrected chi connectivity index (χ2v) is 8.80. The number of nitrogens with one attached hydrogen (secondary N) is 1. The van der Waals surface area contributed by atoms with E-state index in [1.165, 1.54) is 6.07 Å². The normalized spacial score (nSPS) is 32.5. The monoisotopic (exact) mass is 374 g/mol. The maximum atomic E-state index is 14.2. The van der Waals surface area contributed by atoms with Crippen LogP contribution < -0.4 is 10.2 Å². The average molecular weight is 374 g/mol. The number of amides is 1. The number of hydrogen-bond donors (Lipinski definition) is 2. The first-order valence-corrected chi connectivity index (χ1v) is 9.89. The topological polar surface area (TPSA) is 69.6 Å². The summed E-state index contributed by atoms with van der Waals surface area (Å²) >= 11 is 0. The van der Waals surface area contributed by atoms with E-state index in [1.807, 2.05) is 17.9 Å². The van der Waals surface area contributed by atoms with Crippen LogP contribution in [0.5, 0.6) is 0 Å². The molecule has 27 heavy (non-hydrogen) atoms. The van der Waals surface area contributed by atoms with Gasteiger partial charge in [0.2, 0.25) is 5.91 Å². The first kappa shape index (κ1) is 18.3. The van der Waals surface area contributed by atoms with Gasteiger partial charge in [-0.25, -0.2) is 4.39 Å². The lowest BCUT2D eigenvalue weighted by Crippen LogP contribution is -2.56. The van der Waals surface area contributed by atoms with E-state index in [1.54, 1.807) is 6.07 Å². The number of carboxylic acid groups (broad SMARTS) is 1. The van der Waals surface area contributed by atoms with Crippen LogP contribution in [-0.4, -0.2) is 36.1 Å². The minimum atomic E-state index is -0.709. The molecular weight excluding hydrogens is 347 g/mol. The third-order valence-electron chi connectivity index (χ3n) is 6.65. The van der Waals surface area contributed by atoms with E-state index >= 15 is 0 Å². The summed E-state index contributed by atoms with van der Waals surface area (Å²) in [5, 5.41) is 12.2. The largest absolute Gasteiger partial charge is 0.481 e. The smallest absolute Gasteiger partial charge is 0.306 e. The van der Waals surface area contributed by atoms with Gasteiger partial charge in [-0.2, -0.15) is 0 Å². The molecule has 1 heterocycles. The van der Waals surface area contributed by atoms with Crippen molar-refractivity contribution in [2.75, 3.05) is 18.0 Å². The van der Waals surface area contributed by atoms with Crippen molar-refractivity contribution in [2.24, 2.45) is 17.3 Å². The van der Waals surface area contributed by atoms with Crippen molar-refractivity contribution in [3.05, 3.63) is 29.6 Å². The molecule has 2 aliphatic carbocycles. The number of halogens is 1. The Morgan fingerprint density at radius 2 is 1.93 bits per heavy atom. The summed E-state index contributed by atoms with van der Waals surface area (Å²) in [7, 11) is 0. The molecule has 0 aromatic heterocycles. The fourth-order valence-corrected chi connectivity index (χ4v) is 5.16. The molecule has 1 saturated heterocycles. The summed E-state index contributed by atoms with van der Waals surface area (Å²) in [4.78, 5) is 25.6. The van der Waals surface area contributed by atoms with Gasteiger partial charge in [-0.1, -0.05) is 6.07 Å². The van der Waals surface area contributed by atoms with E-state index in [-0.39, 0.29) is 35.0 Å². The Balaban J connectivity index is 1.29. The molecule has 1 aliphatic heterocycles. The number of aryl methyl sites for hydroxylation is 1. The van der Waals surface area contributed by atoms with Crippen LogP contribution in [0.4, 0.5) is 10.1 Å². The maximum Gasteiger partial charge on any atom is 0.306 e. The number of benzene rings is 1. The molecule has 1 spiro atoms. The molecule has 1 atom stereocenters. The van der Waals surface area contributed by atoms with Crippen molar-refractivity contribution < 1.29 is 19.1 Å². The second-order valence-electron chi connectivity index (χ2n) is 8.80. The summed E-state index contributed by atoms with van der Waals surface area (Å²) in [5.74, 6) is -1.06. The van der Waals surface area contributed by atoms with Gasteiger partial charge in [-0.3, -0.25) is 9.59 Å². The summed E-state index contributed by atoms with van der Waals surface area (Å²) < 4.78 is 14.2. The predicted molar refractivity (Wildman–Crippen MR) is 100 cm³/mol. The summed E-state index contributed by atoms with van der Waals surface area (Å²) in [6.07, 6.45) is 4.89. The van der Waals surface area contributed by atoms with Crippen molar-refractivity contribution >= 4 is 17.6 Å². The number of anilines is 1. The number of hydrogen-bond acceptors (Lipinski definition) is 3. The van der Waals surface area contributed by atoms with Crippen LogP contribution in [-0.2, 0) is 9.59 Å². The molecule has 3 aliphatic rings. The standard InChI is InChI=1S/C21H27FN2O3/c1-13-4-5-17(22)18(7-13)24-6-2-3-16(12-24)23-19(25)14-8-21(9-14)10-15(11-21)20(26)27/h4-5,7,14-16H,2-3,6,8-12H2,1H3,(H,23,25)(H,26,27). The molecule has 1 aromatic carbocycles. The first-order valence-electron chi connectivity index (χ1n) is 9.89. The lowest BCUT2D eigenvalue weighted by atomic mass is 9.48. The van der Waals surface area contributed by atoms with Crippen molar-refractivity contribution in [1.29, 1.82) is 0 Å². The highest BCUT2D eigenvalue weighted by molar-refractivity contribution is 5.80. The molecule has 2 N–H and O–H groups in total. The molecule has 2 saturated carbocycles. The van der Waals surface area contributed by atoms with Crippen LogP contribution >= 0.6 is 0 Å². The van der Waals surface area contributed by atoms with Crippen molar-refractivity contribution in [3.63, 3.8) is 0 Å². The molecule has 1 aromatic rings. The first-order chi connectivity index (χ1) is 12.8.